The van der Waals surface area contributed by atoms with Gasteiger partial charge in [-0.15, -0.1) is 0 Å². The van der Waals surface area contributed by atoms with Crippen LogP contribution in [-0.2, 0) is 31.0 Å². The highest BCUT2D eigenvalue weighted by Crippen LogP contribution is 2.32. The van der Waals surface area contributed by atoms with Gasteiger partial charge in [0.25, 0.3) is 5.91 Å². The normalized spacial score (nSPS) is 16.1. The number of sulfonamides is 1. The fraction of sp³-hybridized carbons (Fsp3) is 0.160. The molecule has 0 bridgehead atoms. The molecule has 1 unspecified atom stereocenters. The monoisotopic (exact) mass is 512 g/mol. The Morgan fingerprint density at radius 2 is 1.63 bits per heavy atom. The Balaban J connectivity index is 1.71. The Morgan fingerprint density at radius 3 is 2.26 bits per heavy atom. The lowest BCUT2D eigenvalue weighted by Crippen LogP contribution is -2.45. The lowest BCUT2D eigenvalue weighted by molar-refractivity contribution is -0.132. The van der Waals surface area contributed by atoms with E-state index in [-0.39, 0.29) is 29.3 Å². The van der Waals surface area contributed by atoms with E-state index in [1.807, 2.05) is 0 Å². The van der Waals surface area contributed by atoms with E-state index < -0.39 is 33.8 Å². The molecule has 0 aromatic heterocycles. The number of nitrogens with zero attached hydrogens (tertiary/aromatic N) is 2. The first-order valence-electron chi connectivity index (χ1n) is 10.6. The number of benzene rings is 3. The van der Waals surface area contributed by atoms with Crippen LogP contribution in [0.15, 0.2) is 83.8 Å². The number of hydrogen-bond donors (Lipinski definition) is 0. The number of halogens is 1. The summed E-state index contributed by atoms with van der Waals surface area (Å²) in [6, 6.07) is 19.0. The molecule has 3 aromatic rings. The van der Waals surface area contributed by atoms with Crippen LogP contribution < -0.4 is 9.64 Å². The molecule has 1 atom stereocenters. The van der Waals surface area contributed by atoms with Crippen molar-refractivity contribution in [1.29, 1.82) is 0 Å². The average Bonchev–Trinajstić information content (AvgIpc) is 3.12. The maximum absolute atomic E-state index is 13.6. The largest absolute Gasteiger partial charge is 0.427 e. The molecule has 1 fully saturated rings. The van der Waals surface area contributed by atoms with E-state index in [0.717, 1.165) is 9.21 Å². The van der Waals surface area contributed by atoms with Gasteiger partial charge in [0.15, 0.2) is 0 Å². The van der Waals surface area contributed by atoms with Crippen molar-refractivity contribution in [3.8, 4) is 5.75 Å². The molecule has 0 radical (unpaired) electrons. The van der Waals surface area contributed by atoms with Gasteiger partial charge in [-0.2, -0.15) is 4.31 Å². The highest BCUT2D eigenvalue weighted by Gasteiger charge is 2.47. The smallest absolute Gasteiger partial charge is 0.308 e. The molecule has 180 valence electrons. The summed E-state index contributed by atoms with van der Waals surface area (Å²) in [5.41, 5.74) is 0.742. The summed E-state index contributed by atoms with van der Waals surface area (Å²) < 4.78 is 33.3. The Morgan fingerprint density at radius 1 is 1.00 bits per heavy atom. The van der Waals surface area contributed by atoms with Crippen LogP contribution in [0.25, 0.3) is 0 Å². The van der Waals surface area contributed by atoms with Crippen molar-refractivity contribution in [1.82, 2.24) is 4.31 Å². The predicted octanol–water partition coefficient (Wildman–Crippen LogP) is 3.79. The third-order valence-corrected chi connectivity index (χ3v) is 7.70. The van der Waals surface area contributed by atoms with Gasteiger partial charge in [0, 0.05) is 18.5 Å². The molecule has 1 saturated heterocycles. The summed E-state index contributed by atoms with van der Waals surface area (Å²) in [7, 11) is -4.16. The molecule has 0 aliphatic carbocycles. The number of imide groups is 1. The molecule has 1 aliphatic rings. The van der Waals surface area contributed by atoms with Crippen LogP contribution in [0.4, 0.5) is 5.69 Å². The standard InChI is InChI=1S/C25H21ClN2O6S/c1-17(29)34-20-13-11-19(12-14-20)28-24(30)15-23(25(28)31)27(16-18-7-5-6-10-22(18)26)35(32,33)21-8-3-2-4-9-21/h2-14,23H,15-16H2,1H3. The van der Waals surface area contributed by atoms with Crippen LogP contribution >= 0.6 is 11.6 Å². The summed E-state index contributed by atoms with van der Waals surface area (Å²) in [6.45, 7) is 1.06. The zero-order valence-electron chi connectivity index (χ0n) is 18.6. The molecule has 2 amide bonds. The van der Waals surface area contributed by atoms with Crippen LogP contribution in [0.5, 0.6) is 5.75 Å². The Kier molecular flexibility index (Phi) is 7.02. The van der Waals surface area contributed by atoms with Gasteiger partial charge in [0.2, 0.25) is 15.9 Å². The first-order chi connectivity index (χ1) is 16.7. The summed E-state index contributed by atoms with van der Waals surface area (Å²) in [4.78, 5) is 38.5. The van der Waals surface area contributed by atoms with Crippen LogP contribution in [0.2, 0.25) is 5.02 Å². The highest BCUT2D eigenvalue weighted by molar-refractivity contribution is 7.89. The lowest BCUT2D eigenvalue weighted by Gasteiger charge is -2.27. The topological polar surface area (TPSA) is 101 Å². The van der Waals surface area contributed by atoms with Crippen LogP contribution in [0, 0.1) is 0 Å². The molecule has 0 saturated carbocycles. The first kappa shape index (κ1) is 24.6. The number of ether oxygens (including phenoxy) is 1. The van der Waals surface area contributed by atoms with Gasteiger partial charge in [-0.05, 0) is 48.0 Å². The van der Waals surface area contributed by atoms with Gasteiger partial charge in [-0.3, -0.25) is 14.4 Å². The van der Waals surface area contributed by atoms with E-state index >= 15 is 0 Å². The van der Waals surface area contributed by atoms with Crippen molar-refractivity contribution < 1.29 is 27.5 Å². The number of anilines is 1. The minimum atomic E-state index is -4.16. The molecule has 1 heterocycles. The molecule has 0 spiro atoms. The number of carbonyl (C=O) groups excluding carboxylic acids is 3. The summed E-state index contributed by atoms with van der Waals surface area (Å²) in [5.74, 6) is -1.48. The molecule has 0 N–H and O–H groups in total. The molecule has 10 heteroatoms. The fourth-order valence-corrected chi connectivity index (χ4v) is 5.60. The molecule has 4 rings (SSSR count). The van der Waals surface area contributed by atoms with Gasteiger partial charge >= 0.3 is 5.97 Å². The van der Waals surface area contributed by atoms with E-state index in [1.54, 1.807) is 42.5 Å². The van der Waals surface area contributed by atoms with E-state index in [4.69, 9.17) is 16.3 Å². The summed E-state index contributed by atoms with van der Waals surface area (Å²) >= 11 is 6.29. The average molecular weight is 513 g/mol. The van der Waals surface area contributed by atoms with Crippen LogP contribution in [-0.4, -0.2) is 36.5 Å². The summed E-state index contributed by atoms with van der Waals surface area (Å²) in [6.07, 6.45) is -0.332. The lowest BCUT2D eigenvalue weighted by atomic mass is 10.2. The number of carbonyl (C=O) groups is 3. The van der Waals surface area contributed by atoms with Crippen LogP contribution in [0.3, 0.4) is 0 Å². The van der Waals surface area contributed by atoms with Gasteiger partial charge < -0.3 is 4.74 Å². The van der Waals surface area contributed by atoms with Crippen molar-refractivity contribution in [3.05, 3.63) is 89.4 Å². The second kappa shape index (κ2) is 9.99. The zero-order chi connectivity index (χ0) is 25.2. The molecule has 3 aromatic carbocycles. The Bertz CT molecular complexity index is 1380. The fourth-order valence-electron chi connectivity index (χ4n) is 3.83. The van der Waals surface area contributed by atoms with Gasteiger partial charge in [0.1, 0.15) is 11.8 Å². The van der Waals surface area contributed by atoms with E-state index in [0.29, 0.717) is 10.6 Å². The van der Waals surface area contributed by atoms with Gasteiger partial charge in [-0.1, -0.05) is 48.0 Å². The zero-order valence-corrected chi connectivity index (χ0v) is 20.2. The Labute approximate surface area is 207 Å². The molecular weight excluding hydrogens is 492 g/mol. The van der Waals surface area contributed by atoms with Gasteiger partial charge in [-0.25, -0.2) is 13.3 Å². The van der Waals surface area contributed by atoms with Crippen molar-refractivity contribution in [2.75, 3.05) is 4.90 Å². The first-order valence-corrected chi connectivity index (χ1v) is 12.5. The van der Waals surface area contributed by atoms with E-state index in [2.05, 4.69) is 0 Å². The Hall–Kier alpha value is -3.53. The number of esters is 1. The van der Waals surface area contributed by atoms with Crippen molar-refractivity contribution in [2.24, 2.45) is 0 Å². The van der Waals surface area contributed by atoms with E-state index in [1.165, 1.54) is 43.3 Å². The second-order valence-corrected chi connectivity index (χ2v) is 10.1. The maximum Gasteiger partial charge on any atom is 0.308 e. The molecule has 1 aliphatic heterocycles. The van der Waals surface area contributed by atoms with Crippen molar-refractivity contribution in [3.63, 3.8) is 0 Å². The number of rotatable bonds is 7. The minimum absolute atomic E-state index is 0.00325. The number of amides is 2. The summed E-state index contributed by atoms with van der Waals surface area (Å²) in [5, 5.41) is 0.343. The quantitative estimate of drug-likeness (QED) is 0.271. The highest BCUT2D eigenvalue weighted by atomic mass is 35.5. The van der Waals surface area contributed by atoms with Crippen LogP contribution in [0.1, 0.15) is 18.9 Å². The number of hydrogen-bond acceptors (Lipinski definition) is 6. The SMILES string of the molecule is CC(=O)Oc1ccc(N2C(=O)CC(N(Cc3ccccc3Cl)S(=O)(=O)c3ccccc3)C2=O)cc1. The van der Waals surface area contributed by atoms with Gasteiger partial charge in [0.05, 0.1) is 17.0 Å². The second-order valence-electron chi connectivity index (χ2n) is 7.83. The minimum Gasteiger partial charge on any atom is -0.427 e. The molecular formula is C25H21ClN2O6S. The third kappa shape index (κ3) is 5.12. The molecule has 35 heavy (non-hydrogen) atoms. The predicted molar refractivity (Wildman–Crippen MR) is 129 cm³/mol. The van der Waals surface area contributed by atoms with Crippen molar-refractivity contribution >= 4 is 45.1 Å². The van der Waals surface area contributed by atoms with E-state index in [9.17, 15) is 22.8 Å². The third-order valence-electron chi connectivity index (χ3n) is 5.46. The maximum atomic E-state index is 13.6. The van der Waals surface area contributed by atoms with Crippen molar-refractivity contribution in [2.45, 2.75) is 30.8 Å². The molecule has 8 nitrogen and oxygen atoms in total.